The SMILES string of the molecule is CCBr.CCN.CCNCC. The van der Waals surface area contributed by atoms with Gasteiger partial charge in [-0.15, -0.1) is 0 Å². The second kappa shape index (κ2) is 31.5. The summed E-state index contributed by atoms with van der Waals surface area (Å²) in [6.45, 7) is 11.1. The van der Waals surface area contributed by atoms with Crippen LogP contribution in [-0.2, 0) is 0 Å². The Balaban J connectivity index is -0.0000000933. The Morgan fingerprint density at radius 3 is 1.27 bits per heavy atom. The summed E-state index contributed by atoms with van der Waals surface area (Å²) < 4.78 is 0. The zero-order valence-corrected chi connectivity index (χ0v) is 9.87. The van der Waals surface area contributed by atoms with Crippen molar-refractivity contribution < 1.29 is 0 Å². The minimum Gasteiger partial charge on any atom is -0.331 e. The maximum absolute atomic E-state index is 4.85. The van der Waals surface area contributed by atoms with E-state index in [1.54, 1.807) is 0 Å². The summed E-state index contributed by atoms with van der Waals surface area (Å²) in [4.78, 5) is 0. The third kappa shape index (κ3) is 127. The van der Waals surface area contributed by atoms with E-state index in [4.69, 9.17) is 5.73 Å². The summed E-state index contributed by atoms with van der Waals surface area (Å²) in [5, 5.41) is 4.17. The van der Waals surface area contributed by atoms with E-state index < -0.39 is 0 Å². The number of halogens is 1. The van der Waals surface area contributed by atoms with E-state index in [1.807, 2.05) is 13.8 Å². The van der Waals surface area contributed by atoms with Crippen molar-refractivity contribution in [2.75, 3.05) is 25.0 Å². The molecular weight excluding hydrogens is 204 g/mol. The Labute approximate surface area is 80.1 Å². The molecule has 0 aromatic heterocycles. The summed E-state index contributed by atoms with van der Waals surface area (Å²) >= 11 is 3.15. The highest BCUT2D eigenvalue weighted by Crippen LogP contribution is 1.67. The lowest BCUT2D eigenvalue weighted by Gasteiger charge is -1.86. The maximum atomic E-state index is 4.85. The largest absolute Gasteiger partial charge is 0.331 e. The first-order valence-electron chi connectivity index (χ1n) is 4.21. The molecule has 0 atom stereocenters. The van der Waals surface area contributed by atoms with E-state index in [0.29, 0.717) is 0 Å². The Hall–Kier alpha value is 0.400. The molecule has 0 rings (SSSR count). The number of nitrogens with one attached hydrogen (secondary N) is 1. The van der Waals surface area contributed by atoms with Crippen molar-refractivity contribution in [3.8, 4) is 0 Å². The number of nitrogens with two attached hydrogens (primary N) is 1. The van der Waals surface area contributed by atoms with Crippen LogP contribution in [0.25, 0.3) is 0 Å². The summed E-state index contributed by atoms with van der Waals surface area (Å²) in [5.74, 6) is 0. The monoisotopic (exact) mass is 226 g/mol. The molecular formula is C8H23BrN2. The Morgan fingerprint density at radius 1 is 1.09 bits per heavy atom. The first-order chi connectivity index (χ1) is 5.24. The van der Waals surface area contributed by atoms with Crippen molar-refractivity contribution in [3.05, 3.63) is 0 Å². The van der Waals surface area contributed by atoms with E-state index >= 15 is 0 Å². The van der Waals surface area contributed by atoms with Gasteiger partial charge in [0.15, 0.2) is 0 Å². The van der Waals surface area contributed by atoms with Gasteiger partial charge in [-0.2, -0.15) is 0 Å². The lowest BCUT2D eigenvalue weighted by molar-refractivity contribution is 0.762. The molecule has 0 bridgehead atoms. The number of rotatable bonds is 2. The van der Waals surface area contributed by atoms with Gasteiger partial charge >= 0.3 is 0 Å². The predicted octanol–water partition coefficient (Wildman–Crippen LogP) is 1.98. The molecule has 0 radical (unpaired) electrons. The lowest BCUT2D eigenvalue weighted by Crippen LogP contribution is -2.09. The fourth-order valence-corrected chi connectivity index (χ4v) is 0.250. The van der Waals surface area contributed by atoms with Crippen LogP contribution in [0.5, 0.6) is 0 Å². The second-order valence-corrected chi connectivity index (χ2v) is 2.75. The van der Waals surface area contributed by atoms with Gasteiger partial charge < -0.3 is 11.1 Å². The molecule has 3 N–H and O–H groups in total. The minimum atomic E-state index is 0.750. The Bertz CT molecular complexity index is 31.3. The first-order valence-corrected chi connectivity index (χ1v) is 5.33. The van der Waals surface area contributed by atoms with Crippen molar-refractivity contribution in [3.63, 3.8) is 0 Å². The van der Waals surface area contributed by atoms with Crippen LogP contribution in [0.2, 0.25) is 0 Å². The standard InChI is InChI=1S/C4H11N.C2H5Br.C2H7N/c1-3-5-4-2;2*1-2-3/h5H,3-4H2,1-2H3;2H2,1H3;2-3H2,1H3. The van der Waals surface area contributed by atoms with Gasteiger partial charge in [-0.1, -0.05) is 43.6 Å². The van der Waals surface area contributed by atoms with Crippen LogP contribution >= 0.6 is 15.9 Å². The average molecular weight is 227 g/mol. The molecule has 0 aliphatic rings. The van der Waals surface area contributed by atoms with E-state index in [9.17, 15) is 0 Å². The van der Waals surface area contributed by atoms with Crippen molar-refractivity contribution in [1.82, 2.24) is 5.32 Å². The highest BCUT2D eigenvalue weighted by atomic mass is 79.9. The number of hydrogen-bond acceptors (Lipinski definition) is 2. The van der Waals surface area contributed by atoms with E-state index in [1.165, 1.54) is 0 Å². The second-order valence-electron chi connectivity index (χ2n) is 1.63. The van der Waals surface area contributed by atoms with E-state index in [-0.39, 0.29) is 0 Å². The molecule has 0 aliphatic heterocycles. The van der Waals surface area contributed by atoms with Crippen molar-refractivity contribution >= 4 is 15.9 Å². The van der Waals surface area contributed by atoms with E-state index in [2.05, 4.69) is 35.1 Å². The highest BCUT2D eigenvalue weighted by molar-refractivity contribution is 9.09. The van der Waals surface area contributed by atoms with Gasteiger partial charge in [0.2, 0.25) is 0 Å². The van der Waals surface area contributed by atoms with Crippen LogP contribution < -0.4 is 11.1 Å². The van der Waals surface area contributed by atoms with Crippen molar-refractivity contribution in [2.45, 2.75) is 27.7 Å². The van der Waals surface area contributed by atoms with Crippen LogP contribution in [0.3, 0.4) is 0 Å². The summed E-state index contributed by atoms with van der Waals surface area (Å²) in [6.07, 6.45) is 0. The lowest BCUT2D eigenvalue weighted by atomic mass is 10.7. The summed E-state index contributed by atoms with van der Waals surface area (Å²) in [5.41, 5.74) is 4.85. The first kappa shape index (κ1) is 17.5. The van der Waals surface area contributed by atoms with Crippen LogP contribution in [0.1, 0.15) is 27.7 Å². The fourth-order valence-electron chi connectivity index (χ4n) is 0.250. The van der Waals surface area contributed by atoms with Gasteiger partial charge in [0, 0.05) is 5.33 Å². The maximum Gasteiger partial charge on any atom is 0.000281 e. The smallest absolute Gasteiger partial charge is 0.000281 e. The van der Waals surface area contributed by atoms with E-state index in [0.717, 1.165) is 25.0 Å². The third-order valence-electron chi connectivity index (χ3n) is 0.500. The van der Waals surface area contributed by atoms with Gasteiger partial charge in [-0.05, 0) is 19.6 Å². The number of hydrogen-bond donors (Lipinski definition) is 2. The van der Waals surface area contributed by atoms with Crippen LogP contribution in [0.15, 0.2) is 0 Å². The Kier molecular flexibility index (Phi) is 50.1. The quantitative estimate of drug-likeness (QED) is 0.708. The van der Waals surface area contributed by atoms with Gasteiger partial charge in [-0.3, -0.25) is 0 Å². The zero-order valence-electron chi connectivity index (χ0n) is 8.28. The molecule has 0 saturated carbocycles. The molecule has 0 saturated heterocycles. The molecule has 0 aliphatic carbocycles. The molecule has 0 unspecified atom stereocenters. The highest BCUT2D eigenvalue weighted by Gasteiger charge is 1.62. The normalized spacial score (nSPS) is 7.09. The minimum absolute atomic E-state index is 0.750. The van der Waals surface area contributed by atoms with Crippen molar-refractivity contribution in [1.29, 1.82) is 0 Å². The summed E-state index contributed by atoms with van der Waals surface area (Å²) in [7, 11) is 0. The molecule has 0 heterocycles. The molecule has 11 heavy (non-hydrogen) atoms. The van der Waals surface area contributed by atoms with Gasteiger partial charge in [0.1, 0.15) is 0 Å². The van der Waals surface area contributed by atoms with Gasteiger partial charge in [0.25, 0.3) is 0 Å². The molecule has 2 nitrogen and oxygen atoms in total. The van der Waals surface area contributed by atoms with Crippen LogP contribution in [-0.4, -0.2) is 25.0 Å². The number of alkyl halides is 1. The van der Waals surface area contributed by atoms with Gasteiger partial charge in [0.05, 0.1) is 0 Å². The molecule has 0 aromatic rings. The zero-order chi connectivity index (χ0) is 9.54. The molecule has 72 valence electrons. The molecule has 0 spiro atoms. The molecule has 0 fully saturated rings. The van der Waals surface area contributed by atoms with Crippen LogP contribution in [0, 0.1) is 0 Å². The topological polar surface area (TPSA) is 38.0 Å². The molecule has 0 aromatic carbocycles. The molecule has 3 heteroatoms. The average Bonchev–Trinajstić information content (AvgIpc) is 1.92. The third-order valence-corrected chi connectivity index (χ3v) is 0.500. The van der Waals surface area contributed by atoms with Crippen molar-refractivity contribution in [2.24, 2.45) is 5.73 Å². The fraction of sp³-hybridized carbons (Fsp3) is 1.00. The van der Waals surface area contributed by atoms with Crippen LogP contribution in [0.4, 0.5) is 0 Å². The van der Waals surface area contributed by atoms with Gasteiger partial charge in [-0.25, -0.2) is 0 Å². The summed E-state index contributed by atoms with van der Waals surface area (Å²) in [6, 6.07) is 0. The Morgan fingerprint density at radius 2 is 1.27 bits per heavy atom. The predicted molar refractivity (Wildman–Crippen MR) is 58.4 cm³/mol. The molecule has 0 amide bonds.